The van der Waals surface area contributed by atoms with E-state index in [9.17, 15) is 0 Å². The number of rotatable bonds is 4. The largest absolute Gasteiger partial charge is 0.361 e. The quantitative estimate of drug-likeness (QED) is 0.732. The van der Waals surface area contributed by atoms with E-state index in [0.717, 1.165) is 23.0 Å². The Bertz CT molecular complexity index is 760. The zero-order valence-corrected chi connectivity index (χ0v) is 12.6. The fourth-order valence-corrected chi connectivity index (χ4v) is 2.20. The molecule has 3 aromatic rings. The molecule has 21 heavy (non-hydrogen) atoms. The van der Waals surface area contributed by atoms with E-state index in [1.165, 1.54) is 6.33 Å². The fraction of sp³-hybridized carbons (Fsp3) is 0.429. The molecule has 7 nitrogen and oxygen atoms in total. The maximum absolute atomic E-state index is 5.11. The first kappa shape index (κ1) is 13.5. The van der Waals surface area contributed by atoms with E-state index < -0.39 is 0 Å². The molecule has 0 saturated carbocycles. The zero-order chi connectivity index (χ0) is 15.0. The van der Waals surface area contributed by atoms with Crippen LogP contribution in [0.25, 0.3) is 5.78 Å². The Morgan fingerprint density at radius 3 is 2.81 bits per heavy atom. The van der Waals surface area contributed by atoms with Crippen molar-refractivity contribution < 1.29 is 4.52 Å². The van der Waals surface area contributed by atoms with E-state index in [0.29, 0.717) is 18.2 Å². The number of aryl methyl sites for hydroxylation is 1. The van der Waals surface area contributed by atoms with Crippen molar-refractivity contribution in [2.45, 2.75) is 33.2 Å². The summed E-state index contributed by atoms with van der Waals surface area (Å²) in [5.74, 6) is 2.68. The highest BCUT2D eigenvalue weighted by atomic mass is 16.5. The third-order valence-corrected chi connectivity index (χ3v) is 3.31. The Kier molecular flexibility index (Phi) is 3.32. The van der Waals surface area contributed by atoms with Crippen molar-refractivity contribution in [2.24, 2.45) is 0 Å². The molecule has 0 unspecified atom stereocenters. The Morgan fingerprint density at radius 1 is 1.33 bits per heavy atom. The molecule has 0 N–H and O–H groups in total. The third-order valence-electron chi connectivity index (χ3n) is 3.31. The predicted octanol–water partition coefficient (Wildman–Crippen LogP) is 2.18. The van der Waals surface area contributed by atoms with Crippen LogP contribution in [0.3, 0.4) is 0 Å². The van der Waals surface area contributed by atoms with Gasteiger partial charge in [0.15, 0.2) is 0 Å². The van der Waals surface area contributed by atoms with Crippen LogP contribution in [0.5, 0.6) is 0 Å². The van der Waals surface area contributed by atoms with E-state index in [-0.39, 0.29) is 0 Å². The van der Waals surface area contributed by atoms with Gasteiger partial charge < -0.3 is 9.42 Å². The van der Waals surface area contributed by atoms with Crippen LogP contribution in [0.4, 0.5) is 5.82 Å². The smallest absolute Gasteiger partial charge is 0.254 e. The minimum absolute atomic E-state index is 0.327. The summed E-state index contributed by atoms with van der Waals surface area (Å²) in [4.78, 5) is 10.8. The summed E-state index contributed by atoms with van der Waals surface area (Å²) in [7, 11) is 1.99. The van der Waals surface area contributed by atoms with Crippen LogP contribution in [-0.2, 0) is 6.54 Å². The van der Waals surface area contributed by atoms with Crippen LogP contribution in [0, 0.1) is 6.92 Å². The summed E-state index contributed by atoms with van der Waals surface area (Å²) in [5.41, 5.74) is 1.87. The maximum atomic E-state index is 5.11. The summed E-state index contributed by atoms with van der Waals surface area (Å²) in [5, 5.41) is 8.27. The first-order valence-electron chi connectivity index (χ1n) is 6.88. The standard InChI is InChI=1S/C14H18N6O/c1-9(2)12-6-13(20-14(17-12)15-8-16-20)19(4)7-11-5-10(3)21-18-11/h5-6,8-9H,7H2,1-4H3. The van der Waals surface area contributed by atoms with Crippen LogP contribution in [0.1, 0.15) is 36.9 Å². The summed E-state index contributed by atoms with van der Waals surface area (Å²) in [6.45, 7) is 6.74. The van der Waals surface area contributed by atoms with Crippen LogP contribution < -0.4 is 4.90 Å². The summed E-state index contributed by atoms with van der Waals surface area (Å²) < 4.78 is 6.85. The molecule has 3 heterocycles. The molecule has 0 aromatic carbocycles. The Hall–Kier alpha value is -2.44. The molecule has 0 amide bonds. The van der Waals surface area contributed by atoms with E-state index in [1.54, 1.807) is 4.52 Å². The van der Waals surface area contributed by atoms with Gasteiger partial charge in [-0.25, -0.2) is 4.98 Å². The van der Waals surface area contributed by atoms with Gasteiger partial charge in [-0.1, -0.05) is 19.0 Å². The molecule has 3 aromatic heterocycles. The number of aromatic nitrogens is 5. The lowest BCUT2D eigenvalue weighted by Gasteiger charge is -2.19. The van der Waals surface area contributed by atoms with Crippen molar-refractivity contribution in [1.82, 2.24) is 24.7 Å². The normalized spacial score (nSPS) is 11.5. The summed E-state index contributed by atoms with van der Waals surface area (Å²) in [6.07, 6.45) is 1.52. The Labute approximate surface area is 122 Å². The van der Waals surface area contributed by atoms with E-state index in [4.69, 9.17) is 4.52 Å². The highest BCUT2D eigenvalue weighted by Gasteiger charge is 2.14. The minimum Gasteiger partial charge on any atom is -0.361 e. The molecule has 0 aliphatic rings. The molecule has 7 heteroatoms. The van der Waals surface area contributed by atoms with Crippen LogP contribution in [-0.4, -0.2) is 31.8 Å². The summed E-state index contributed by atoms with van der Waals surface area (Å²) in [6, 6.07) is 3.97. The van der Waals surface area contributed by atoms with Gasteiger partial charge in [-0.3, -0.25) is 0 Å². The van der Waals surface area contributed by atoms with Gasteiger partial charge in [0, 0.05) is 19.2 Å². The number of hydrogen-bond acceptors (Lipinski definition) is 6. The van der Waals surface area contributed by atoms with Gasteiger partial charge in [-0.05, 0) is 12.8 Å². The summed E-state index contributed by atoms with van der Waals surface area (Å²) >= 11 is 0. The van der Waals surface area contributed by atoms with Crippen LogP contribution in [0.15, 0.2) is 23.0 Å². The number of hydrogen-bond donors (Lipinski definition) is 0. The van der Waals surface area contributed by atoms with Crippen molar-refractivity contribution in [3.05, 3.63) is 35.6 Å². The van der Waals surface area contributed by atoms with Gasteiger partial charge in [0.05, 0.1) is 12.2 Å². The van der Waals surface area contributed by atoms with Gasteiger partial charge in [-0.15, -0.1) is 0 Å². The minimum atomic E-state index is 0.327. The average Bonchev–Trinajstić information content (AvgIpc) is 3.05. The van der Waals surface area contributed by atoms with Crippen molar-refractivity contribution in [3.63, 3.8) is 0 Å². The molecular formula is C14H18N6O. The van der Waals surface area contributed by atoms with Gasteiger partial charge in [0.1, 0.15) is 23.6 Å². The van der Waals surface area contributed by atoms with E-state index >= 15 is 0 Å². The molecule has 0 aliphatic heterocycles. The second-order valence-electron chi connectivity index (χ2n) is 5.45. The molecule has 0 radical (unpaired) electrons. The Morgan fingerprint density at radius 2 is 2.14 bits per heavy atom. The lowest BCUT2D eigenvalue weighted by atomic mass is 10.1. The molecular weight excluding hydrogens is 268 g/mol. The number of fused-ring (bicyclic) bond motifs is 1. The SMILES string of the molecule is Cc1cc(CN(C)c2cc(C(C)C)nc3ncnn23)no1. The molecule has 0 spiro atoms. The monoisotopic (exact) mass is 286 g/mol. The lowest BCUT2D eigenvalue weighted by molar-refractivity contribution is 0.390. The van der Waals surface area contributed by atoms with E-state index in [2.05, 4.69) is 39.0 Å². The topological polar surface area (TPSA) is 72.4 Å². The predicted molar refractivity (Wildman–Crippen MR) is 78.2 cm³/mol. The fourth-order valence-electron chi connectivity index (χ4n) is 2.20. The molecule has 0 aliphatic carbocycles. The highest BCUT2D eigenvalue weighted by molar-refractivity contribution is 5.47. The second-order valence-corrected chi connectivity index (χ2v) is 5.45. The van der Waals surface area contributed by atoms with Crippen molar-refractivity contribution in [3.8, 4) is 0 Å². The van der Waals surface area contributed by atoms with Crippen LogP contribution in [0.2, 0.25) is 0 Å². The third kappa shape index (κ3) is 2.58. The van der Waals surface area contributed by atoms with Crippen molar-refractivity contribution in [1.29, 1.82) is 0 Å². The highest BCUT2D eigenvalue weighted by Crippen LogP contribution is 2.21. The van der Waals surface area contributed by atoms with Gasteiger partial charge in [-0.2, -0.15) is 14.6 Å². The average molecular weight is 286 g/mol. The lowest BCUT2D eigenvalue weighted by Crippen LogP contribution is -2.21. The molecule has 0 saturated heterocycles. The maximum Gasteiger partial charge on any atom is 0.254 e. The second kappa shape index (κ2) is 5.16. The van der Waals surface area contributed by atoms with Crippen LogP contribution >= 0.6 is 0 Å². The zero-order valence-electron chi connectivity index (χ0n) is 12.6. The molecule has 3 rings (SSSR count). The van der Waals surface area contributed by atoms with E-state index in [1.807, 2.05) is 26.1 Å². The molecule has 0 fully saturated rings. The van der Waals surface area contributed by atoms with Gasteiger partial charge in [0.2, 0.25) is 0 Å². The molecule has 0 bridgehead atoms. The van der Waals surface area contributed by atoms with Crippen molar-refractivity contribution >= 4 is 11.6 Å². The molecule has 110 valence electrons. The van der Waals surface area contributed by atoms with Gasteiger partial charge >= 0.3 is 0 Å². The van der Waals surface area contributed by atoms with Crippen molar-refractivity contribution in [2.75, 3.05) is 11.9 Å². The molecule has 0 atom stereocenters. The number of anilines is 1. The first-order chi connectivity index (χ1) is 10.0. The van der Waals surface area contributed by atoms with Gasteiger partial charge in [0.25, 0.3) is 5.78 Å². The Balaban J connectivity index is 1.99. The number of nitrogens with zero attached hydrogens (tertiary/aromatic N) is 6. The first-order valence-corrected chi connectivity index (χ1v) is 6.88.